The fraction of sp³-hybridized carbons (Fsp3) is 0.320. The van der Waals surface area contributed by atoms with Crippen molar-refractivity contribution < 1.29 is 9.47 Å². The average Bonchev–Trinajstić information content (AvgIpc) is 3.23. The molecule has 0 unspecified atom stereocenters. The van der Waals surface area contributed by atoms with Crippen molar-refractivity contribution >= 4 is 0 Å². The Balaban J connectivity index is 1.31. The highest BCUT2D eigenvalue weighted by Crippen LogP contribution is 2.38. The van der Waals surface area contributed by atoms with Gasteiger partial charge >= 0.3 is 0 Å². The van der Waals surface area contributed by atoms with Crippen molar-refractivity contribution in [2.45, 2.75) is 32.4 Å². The molecule has 0 aliphatic carbocycles. The highest BCUT2D eigenvalue weighted by atomic mass is 16.6. The summed E-state index contributed by atoms with van der Waals surface area (Å²) in [4.78, 5) is 6.99. The number of aromatic nitrogens is 1. The van der Waals surface area contributed by atoms with Crippen molar-refractivity contribution in [3.8, 4) is 22.6 Å². The summed E-state index contributed by atoms with van der Waals surface area (Å²) in [5, 5.41) is 0. The third-order valence-corrected chi connectivity index (χ3v) is 5.90. The number of aryl methyl sites for hydroxylation is 1. The van der Waals surface area contributed by atoms with Crippen molar-refractivity contribution in [2.24, 2.45) is 0 Å². The standard InChI is InChI=1S/C25H26N2O2/c1-18-4-7-22(16-26-18)20-8-5-19(6-9-20)17-27-12-2-3-23(27)21-10-11-24-25(15-21)29-14-13-28-24/h4-11,15-16,23H,2-3,12-14,17H2,1H3/t23-/m1/s1. The Kier molecular flexibility index (Phi) is 4.94. The summed E-state index contributed by atoms with van der Waals surface area (Å²) >= 11 is 0. The average molecular weight is 386 g/mol. The van der Waals surface area contributed by atoms with E-state index >= 15 is 0 Å². The van der Waals surface area contributed by atoms with Crippen molar-refractivity contribution in [2.75, 3.05) is 19.8 Å². The lowest BCUT2D eigenvalue weighted by Crippen LogP contribution is -2.23. The van der Waals surface area contributed by atoms with Crippen molar-refractivity contribution in [1.82, 2.24) is 9.88 Å². The number of likely N-dealkylation sites (tertiary alicyclic amines) is 1. The van der Waals surface area contributed by atoms with E-state index in [1.807, 2.05) is 13.1 Å². The first-order chi connectivity index (χ1) is 14.3. The lowest BCUT2D eigenvalue weighted by Gasteiger charge is -2.26. The molecular weight excluding hydrogens is 360 g/mol. The molecule has 5 rings (SSSR count). The molecular formula is C25H26N2O2. The van der Waals surface area contributed by atoms with Gasteiger partial charge in [-0.1, -0.05) is 36.4 Å². The molecule has 1 saturated heterocycles. The second-order valence-electron chi connectivity index (χ2n) is 7.92. The summed E-state index contributed by atoms with van der Waals surface area (Å²) in [6, 6.07) is 20.0. The number of pyridine rings is 1. The molecule has 0 N–H and O–H groups in total. The molecule has 1 fully saturated rings. The third kappa shape index (κ3) is 3.85. The smallest absolute Gasteiger partial charge is 0.161 e. The van der Waals surface area contributed by atoms with Crippen LogP contribution in [0.25, 0.3) is 11.1 Å². The van der Waals surface area contributed by atoms with Crippen LogP contribution in [0.4, 0.5) is 0 Å². The molecule has 0 amide bonds. The number of rotatable bonds is 4. The largest absolute Gasteiger partial charge is 0.486 e. The zero-order chi connectivity index (χ0) is 19.6. The van der Waals surface area contributed by atoms with Gasteiger partial charge in [-0.3, -0.25) is 9.88 Å². The zero-order valence-electron chi connectivity index (χ0n) is 16.8. The quantitative estimate of drug-likeness (QED) is 0.620. The monoisotopic (exact) mass is 386 g/mol. The maximum Gasteiger partial charge on any atom is 0.161 e. The van der Waals surface area contributed by atoms with Crippen LogP contribution in [0.2, 0.25) is 0 Å². The minimum absolute atomic E-state index is 0.437. The lowest BCUT2D eigenvalue weighted by atomic mass is 10.0. The van der Waals surface area contributed by atoms with Gasteiger partial charge in [-0.2, -0.15) is 0 Å². The first kappa shape index (κ1) is 18.2. The molecule has 1 aromatic heterocycles. The molecule has 3 heterocycles. The molecule has 2 aliphatic heterocycles. The van der Waals surface area contributed by atoms with E-state index in [-0.39, 0.29) is 0 Å². The van der Waals surface area contributed by atoms with Crippen LogP contribution in [0.1, 0.15) is 35.7 Å². The van der Waals surface area contributed by atoms with Crippen LogP contribution < -0.4 is 9.47 Å². The van der Waals surface area contributed by atoms with Crippen LogP contribution in [0.15, 0.2) is 60.8 Å². The van der Waals surface area contributed by atoms with E-state index in [1.54, 1.807) is 0 Å². The highest BCUT2D eigenvalue weighted by molar-refractivity contribution is 5.62. The van der Waals surface area contributed by atoms with Gasteiger partial charge in [0.15, 0.2) is 11.5 Å². The Morgan fingerprint density at radius 3 is 2.52 bits per heavy atom. The van der Waals surface area contributed by atoms with Crippen molar-refractivity contribution in [3.63, 3.8) is 0 Å². The molecule has 2 aliphatic rings. The first-order valence-corrected chi connectivity index (χ1v) is 10.4. The van der Waals surface area contributed by atoms with Gasteiger partial charge in [0.1, 0.15) is 13.2 Å². The summed E-state index contributed by atoms with van der Waals surface area (Å²) in [6.45, 7) is 5.37. The van der Waals surface area contributed by atoms with Crippen LogP contribution in [0, 0.1) is 6.92 Å². The molecule has 0 bridgehead atoms. The van der Waals surface area contributed by atoms with Gasteiger partial charge in [-0.25, -0.2) is 0 Å². The van der Waals surface area contributed by atoms with Crippen LogP contribution in [-0.2, 0) is 6.54 Å². The van der Waals surface area contributed by atoms with Gasteiger partial charge < -0.3 is 9.47 Å². The van der Waals surface area contributed by atoms with Gasteiger partial charge in [0, 0.05) is 30.0 Å². The maximum atomic E-state index is 5.79. The van der Waals surface area contributed by atoms with Gasteiger partial charge in [-0.05, 0) is 61.2 Å². The summed E-state index contributed by atoms with van der Waals surface area (Å²) in [6.07, 6.45) is 4.36. The second-order valence-corrected chi connectivity index (χ2v) is 7.92. The molecule has 4 nitrogen and oxygen atoms in total. The van der Waals surface area contributed by atoms with Gasteiger partial charge in [0.05, 0.1) is 0 Å². The Labute approximate surface area is 172 Å². The Hall–Kier alpha value is -2.85. The van der Waals surface area contributed by atoms with Gasteiger partial charge in [0.2, 0.25) is 0 Å². The number of hydrogen-bond donors (Lipinski definition) is 0. The molecule has 2 aromatic carbocycles. The molecule has 1 atom stereocenters. The van der Waals surface area contributed by atoms with Crippen LogP contribution in [-0.4, -0.2) is 29.6 Å². The molecule has 3 aromatic rings. The number of fused-ring (bicyclic) bond motifs is 1. The van der Waals surface area contributed by atoms with E-state index in [0.29, 0.717) is 19.3 Å². The van der Waals surface area contributed by atoms with Crippen molar-refractivity contribution in [1.29, 1.82) is 0 Å². The highest BCUT2D eigenvalue weighted by Gasteiger charge is 2.27. The zero-order valence-corrected chi connectivity index (χ0v) is 16.8. The molecule has 0 saturated carbocycles. The lowest BCUT2D eigenvalue weighted by molar-refractivity contribution is 0.170. The van der Waals surface area contributed by atoms with Crippen molar-refractivity contribution in [3.05, 3.63) is 77.6 Å². The van der Waals surface area contributed by atoms with E-state index in [0.717, 1.165) is 35.8 Å². The Bertz CT molecular complexity index is 983. The van der Waals surface area contributed by atoms with Gasteiger partial charge in [0.25, 0.3) is 0 Å². The number of ether oxygens (including phenoxy) is 2. The Morgan fingerprint density at radius 2 is 1.72 bits per heavy atom. The summed E-state index contributed by atoms with van der Waals surface area (Å²) < 4.78 is 11.5. The van der Waals surface area contributed by atoms with Crippen LogP contribution in [0.3, 0.4) is 0 Å². The summed E-state index contributed by atoms with van der Waals surface area (Å²) in [5.74, 6) is 1.75. The van der Waals surface area contributed by atoms with Crippen LogP contribution >= 0.6 is 0 Å². The molecule has 4 heteroatoms. The van der Waals surface area contributed by atoms with E-state index in [2.05, 4.69) is 64.5 Å². The van der Waals surface area contributed by atoms with E-state index in [4.69, 9.17) is 9.47 Å². The first-order valence-electron chi connectivity index (χ1n) is 10.4. The summed E-state index contributed by atoms with van der Waals surface area (Å²) in [5.41, 5.74) is 6.10. The van der Waals surface area contributed by atoms with Gasteiger partial charge in [-0.15, -0.1) is 0 Å². The molecule has 0 spiro atoms. The number of hydrogen-bond acceptors (Lipinski definition) is 4. The SMILES string of the molecule is Cc1ccc(-c2ccc(CN3CCC[C@@H]3c3ccc4c(c3)OCCO4)cc2)cn1. The fourth-order valence-electron chi connectivity index (χ4n) is 4.34. The second kappa shape index (κ2) is 7.88. The summed E-state index contributed by atoms with van der Waals surface area (Å²) in [7, 11) is 0. The number of benzene rings is 2. The van der Waals surface area contributed by atoms with Crippen LogP contribution in [0.5, 0.6) is 11.5 Å². The third-order valence-electron chi connectivity index (χ3n) is 5.90. The predicted molar refractivity (Wildman–Crippen MR) is 114 cm³/mol. The van der Waals surface area contributed by atoms with E-state index in [9.17, 15) is 0 Å². The number of nitrogens with zero attached hydrogens (tertiary/aromatic N) is 2. The molecule has 29 heavy (non-hydrogen) atoms. The van der Waals surface area contributed by atoms with E-state index < -0.39 is 0 Å². The topological polar surface area (TPSA) is 34.6 Å². The minimum atomic E-state index is 0.437. The van der Waals surface area contributed by atoms with E-state index in [1.165, 1.54) is 29.5 Å². The molecule has 148 valence electrons. The minimum Gasteiger partial charge on any atom is -0.486 e. The Morgan fingerprint density at radius 1 is 0.931 bits per heavy atom. The maximum absolute atomic E-state index is 5.79. The normalized spacial score (nSPS) is 18.7. The predicted octanol–water partition coefficient (Wildman–Crippen LogP) is 5.17. The fourth-order valence-corrected chi connectivity index (χ4v) is 4.34. The molecule has 0 radical (unpaired) electrons.